The molecule has 0 spiro atoms. The smallest absolute Gasteiger partial charge is 0.265 e. The van der Waals surface area contributed by atoms with E-state index >= 15 is 0 Å². The van der Waals surface area contributed by atoms with Crippen molar-refractivity contribution in [3.8, 4) is 0 Å². The first-order valence-electron chi connectivity index (χ1n) is 5.32. The lowest BCUT2D eigenvalue weighted by atomic mass is 10.0. The second kappa shape index (κ2) is 3.81. The summed E-state index contributed by atoms with van der Waals surface area (Å²) in [5.41, 5.74) is 4.28. The number of nitrogens with two attached hydrogens (primary N) is 1. The van der Waals surface area contributed by atoms with Crippen molar-refractivity contribution in [3.63, 3.8) is 0 Å². The van der Waals surface area contributed by atoms with Gasteiger partial charge < -0.3 is 15.4 Å². The first kappa shape index (κ1) is 13.1. The van der Waals surface area contributed by atoms with E-state index in [4.69, 9.17) is 5.73 Å². The number of nitrogens with zero attached hydrogens (tertiary/aromatic N) is 2. The molecule has 1 aliphatic heterocycles. The molecule has 100 valence electrons. The van der Waals surface area contributed by atoms with Crippen molar-refractivity contribution in [2.45, 2.75) is 17.4 Å². The van der Waals surface area contributed by atoms with E-state index in [1.807, 2.05) is 0 Å². The average Bonchev–Trinajstić information content (AvgIpc) is 2.57. The lowest BCUT2D eigenvalue weighted by molar-refractivity contribution is -0.0426. The first-order valence-corrected chi connectivity index (χ1v) is 6.76. The van der Waals surface area contributed by atoms with Crippen LogP contribution in [0.2, 0.25) is 0 Å². The highest BCUT2D eigenvalue weighted by Crippen LogP contribution is 2.28. The summed E-state index contributed by atoms with van der Waals surface area (Å²) >= 11 is 0. The number of rotatable bonds is 3. The molecule has 1 aromatic heterocycles. The molecule has 1 saturated heterocycles. The molecule has 1 amide bonds. The molecule has 1 aliphatic rings. The Morgan fingerprint density at radius 3 is 2.44 bits per heavy atom. The van der Waals surface area contributed by atoms with Crippen molar-refractivity contribution in [1.82, 2.24) is 8.87 Å². The Morgan fingerprint density at radius 2 is 2.06 bits per heavy atom. The Labute approximate surface area is 105 Å². The number of aryl methyl sites for hydroxylation is 1. The molecule has 0 radical (unpaired) electrons. The minimum atomic E-state index is -3.66. The van der Waals surface area contributed by atoms with Gasteiger partial charge in [-0.2, -0.15) is 4.31 Å². The number of β-amino-alcohol motifs (C(OH)–C–C–N with tert-alkyl or cyclic N) is 1. The van der Waals surface area contributed by atoms with E-state index in [1.165, 1.54) is 16.8 Å². The van der Waals surface area contributed by atoms with Crippen LogP contribution in [0.4, 0.5) is 0 Å². The molecule has 0 saturated carbocycles. The number of carbonyl (C=O) groups excluding carboxylic acids is 1. The van der Waals surface area contributed by atoms with Gasteiger partial charge in [0.2, 0.25) is 10.0 Å². The van der Waals surface area contributed by atoms with E-state index in [1.54, 1.807) is 14.0 Å². The van der Waals surface area contributed by atoms with Crippen LogP contribution < -0.4 is 5.73 Å². The van der Waals surface area contributed by atoms with Crippen molar-refractivity contribution in [2.24, 2.45) is 12.8 Å². The molecule has 1 fully saturated rings. The second-order valence-electron chi connectivity index (χ2n) is 4.81. The summed E-state index contributed by atoms with van der Waals surface area (Å²) in [6.45, 7) is 1.67. The summed E-state index contributed by atoms with van der Waals surface area (Å²) in [5, 5.41) is 9.56. The van der Waals surface area contributed by atoms with Crippen LogP contribution in [0, 0.1) is 0 Å². The SMILES string of the molecule is Cn1cc(S(=O)(=O)N2CC(C)(O)C2)cc1C(N)=O. The van der Waals surface area contributed by atoms with Crippen LogP contribution >= 0.6 is 0 Å². The summed E-state index contributed by atoms with van der Waals surface area (Å²) in [6.07, 6.45) is 1.34. The van der Waals surface area contributed by atoms with Crippen LogP contribution in [0.5, 0.6) is 0 Å². The van der Waals surface area contributed by atoms with Crippen LogP contribution in [0.15, 0.2) is 17.2 Å². The maximum Gasteiger partial charge on any atom is 0.265 e. The molecular weight excluding hydrogens is 258 g/mol. The van der Waals surface area contributed by atoms with Gasteiger partial charge in [0, 0.05) is 26.3 Å². The first-order chi connectivity index (χ1) is 8.13. The molecule has 0 aromatic carbocycles. The van der Waals surface area contributed by atoms with E-state index in [9.17, 15) is 18.3 Å². The summed E-state index contributed by atoms with van der Waals surface area (Å²) in [7, 11) is -2.12. The highest BCUT2D eigenvalue weighted by atomic mass is 32.2. The van der Waals surface area contributed by atoms with Crippen LogP contribution in [-0.2, 0) is 17.1 Å². The van der Waals surface area contributed by atoms with Gasteiger partial charge >= 0.3 is 0 Å². The van der Waals surface area contributed by atoms with E-state index in [0.29, 0.717) is 0 Å². The Kier molecular flexibility index (Phi) is 2.76. The highest BCUT2D eigenvalue weighted by molar-refractivity contribution is 7.89. The Bertz CT molecular complexity index is 595. The lowest BCUT2D eigenvalue weighted by Crippen LogP contribution is -2.61. The molecule has 0 unspecified atom stereocenters. The fraction of sp³-hybridized carbons (Fsp3) is 0.500. The van der Waals surface area contributed by atoms with E-state index in [0.717, 1.165) is 4.31 Å². The van der Waals surface area contributed by atoms with Crippen molar-refractivity contribution >= 4 is 15.9 Å². The Hall–Kier alpha value is -1.38. The minimum absolute atomic E-state index is 0.00861. The molecule has 2 heterocycles. The zero-order valence-corrected chi connectivity index (χ0v) is 10.9. The van der Waals surface area contributed by atoms with Crippen molar-refractivity contribution in [2.75, 3.05) is 13.1 Å². The van der Waals surface area contributed by atoms with E-state index < -0.39 is 21.5 Å². The standard InChI is InChI=1S/C10H15N3O4S/c1-10(15)5-13(6-10)18(16,17)7-3-8(9(11)14)12(2)4-7/h3-4,15H,5-6H2,1-2H3,(H2,11,14). The van der Waals surface area contributed by atoms with Gasteiger partial charge in [-0.1, -0.05) is 0 Å². The largest absolute Gasteiger partial charge is 0.387 e. The number of hydrogen-bond acceptors (Lipinski definition) is 4. The Balaban J connectivity index is 2.32. The number of aliphatic hydroxyl groups is 1. The van der Waals surface area contributed by atoms with Gasteiger partial charge in [0.1, 0.15) is 10.6 Å². The molecule has 7 nitrogen and oxygen atoms in total. The number of hydrogen-bond donors (Lipinski definition) is 2. The van der Waals surface area contributed by atoms with Crippen LogP contribution in [0.3, 0.4) is 0 Å². The molecule has 0 bridgehead atoms. The molecule has 2 rings (SSSR count). The predicted octanol–water partition coefficient (Wildman–Crippen LogP) is -1.12. The van der Waals surface area contributed by atoms with Gasteiger partial charge in [-0.15, -0.1) is 0 Å². The monoisotopic (exact) mass is 273 g/mol. The molecule has 0 aliphatic carbocycles. The molecule has 1 aromatic rings. The number of amides is 1. The van der Waals surface area contributed by atoms with E-state index in [-0.39, 0.29) is 23.7 Å². The lowest BCUT2D eigenvalue weighted by Gasteiger charge is -2.42. The second-order valence-corrected chi connectivity index (χ2v) is 6.74. The number of primary amides is 1. The maximum atomic E-state index is 12.1. The highest BCUT2D eigenvalue weighted by Gasteiger charge is 2.44. The molecule has 0 atom stereocenters. The normalized spacial score (nSPS) is 19.5. The molecule has 3 N–H and O–H groups in total. The third-order valence-corrected chi connectivity index (χ3v) is 4.66. The number of sulfonamides is 1. The van der Waals surface area contributed by atoms with Gasteiger partial charge in [-0.05, 0) is 13.0 Å². The summed E-state index contributed by atoms with van der Waals surface area (Å²) in [6, 6.07) is 1.24. The topological polar surface area (TPSA) is 106 Å². The minimum Gasteiger partial charge on any atom is -0.387 e. The van der Waals surface area contributed by atoms with Crippen LogP contribution in [0.1, 0.15) is 17.4 Å². The van der Waals surface area contributed by atoms with Gasteiger partial charge in [0.05, 0.1) is 5.60 Å². The third-order valence-electron chi connectivity index (χ3n) is 2.90. The van der Waals surface area contributed by atoms with Crippen LogP contribution in [0.25, 0.3) is 0 Å². The van der Waals surface area contributed by atoms with Gasteiger partial charge in [-0.25, -0.2) is 8.42 Å². The molecule has 18 heavy (non-hydrogen) atoms. The zero-order valence-electron chi connectivity index (χ0n) is 10.1. The fourth-order valence-corrected chi connectivity index (χ4v) is 3.70. The van der Waals surface area contributed by atoms with Crippen molar-refractivity contribution < 1.29 is 18.3 Å². The molecular formula is C10H15N3O4S. The quantitative estimate of drug-likeness (QED) is 0.727. The van der Waals surface area contributed by atoms with Gasteiger partial charge in [0.15, 0.2) is 0 Å². The summed E-state index contributed by atoms with van der Waals surface area (Å²) in [4.78, 5) is 11.1. The zero-order chi connectivity index (χ0) is 13.7. The Morgan fingerprint density at radius 1 is 1.50 bits per heavy atom. The van der Waals surface area contributed by atoms with Crippen molar-refractivity contribution in [1.29, 1.82) is 0 Å². The summed E-state index contributed by atoms with van der Waals surface area (Å²) < 4.78 is 26.8. The van der Waals surface area contributed by atoms with Gasteiger partial charge in [-0.3, -0.25) is 4.79 Å². The third kappa shape index (κ3) is 2.02. The predicted molar refractivity (Wildman–Crippen MR) is 63.3 cm³/mol. The summed E-state index contributed by atoms with van der Waals surface area (Å²) in [5.74, 6) is -0.686. The fourth-order valence-electron chi connectivity index (χ4n) is 1.95. The average molecular weight is 273 g/mol. The van der Waals surface area contributed by atoms with Crippen LogP contribution in [-0.4, -0.2) is 47.0 Å². The molecule has 8 heteroatoms. The maximum absolute atomic E-state index is 12.1. The van der Waals surface area contributed by atoms with Gasteiger partial charge in [0.25, 0.3) is 5.91 Å². The number of carbonyl (C=O) groups is 1. The number of aromatic nitrogens is 1. The van der Waals surface area contributed by atoms with Crippen molar-refractivity contribution in [3.05, 3.63) is 18.0 Å². The van der Waals surface area contributed by atoms with E-state index in [2.05, 4.69) is 0 Å².